The van der Waals surface area contributed by atoms with Crippen molar-refractivity contribution in [1.82, 2.24) is 0 Å². The van der Waals surface area contributed by atoms with Crippen LogP contribution in [0, 0.1) is 0 Å². The van der Waals surface area contributed by atoms with Crippen LogP contribution in [0.15, 0.2) is 224 Å². The molecule has 1 nitrogen and oxygen atoms in total. The Bertz CT molecular complexity index is 3820. The molecule has 1 spiro atoms. The van der Waals surface area contributed by atoms with Gasteiger partial charge in [-0.05, 0) is 166 Å². The van der Waals surface area contributed by atoms with Gasteiger partial charge in [-0.25, -0.2) is 0 Å². The molecule has 352 valence electrons. The molecule has 0 aliphatic heterocycles. The van der Waals surface area contributed by atoms with Gasteiger partial charge in [0.05, 0.1) is 11.1 Å². The van der Waals surface area contributed by atoms with Crippen LogP contribution in [0.3, 0.4) is 0 Å². The van der Waals surface area contributed by atoms with Gasteiger partial charge in [0, 0.05) is 22.4 Å². The number of fused-ring (bicyclic) bond motifs is 14. The maximum atomic E-state index is 2.63. The molecule has 0 amide bonds. The SMILES string of the molecule is CC1(C)CCC(C)(C)c2c(-c3cc4c(cc3N(c3ccc(-c5ccc(-c6ccccc6)cc5)cc3)c3ccc5c(c3)C(C)(C)c3ccccc3-5)C3(c5ccccc5-c5ccccc53)c3ccccc3-4)cccc21. The van der Waals surface area contributed by atoms with Gasteiger partial charge in [-0.15, -0.1) is 0 Å². The Labute approximate surface area is 431 Å². The minimum atomic E-state index is -0.507. The molecule has 0 bridgehead atoms. The highest BCUT2D eigenvalue weighted by Gasteiger charge is 2.52. The van der Waals surface area contributed by atoms with Gasteiger partial charge < -0.3 is 4.90 Å². The van der Waals surface area contributed by atoms with Gasteiger partial charge in [0.25, 0.3) is 0 Å². The number of hydrogen-bond donors (Lipinski definition) is 0. The summed E-state index contributed by atoms with van der Waals surface area (Å²) in [6, 6.07) is 85.5. The van der Waals surface area contributed by atoms with Crippen LogP contribution in [0.25, 0.3) is 66.8 Å². The van der Waals surface area contributed by atoms with E-state index in [0.29, 0.717) is 0 Å². The Hall–Kier alpha value is -8.00. The maximum Gasteiger partial charge on any atom is 0.0726 e. The van der Waals surface area contributed by atoms with Crippen molar-refractivity contribution in [2.24, 2.45) is 0 Å². The van der Waals surface area contributed by atoms with E-state index in [1.54, 1.807) is 0 Å². The van der Waals surface area contributed by atoms with Crippen LogP contribution in [-0.4, -0.2) is 0 Å². The van der Waals surface area contributed by atoms with Crippen LogP contribution in [0.1, 0.15) is 98.9 Å². The summed E-state index contributed by atoms with van der Waals surface area (Å²) in [5.41, 5.74) is 29.2. The zero-order chi connectivity index (χ0) is 49.4. The second-order valence-corrected chi connectivity index (χ2v) is 23.0. The molecule has 0 radical (unpaired) electrons. The summed E-state index contributed by atoms with van der Waals surface area (Å²) in [6.45, 7) is 14.7. The Morgan fingerprint density at radius 2 is 0.726 bits per heavy atom. The molecule has 0 atom stereocenters. The quantitative estimate of drug-likeness (QED) is 0.161. The molecule has 0 heterocycles. The summed E-state index contributed by atoms with van der Waals surface area (Å²) >= 11 is 0. The van der Waals surface area contributed by atoms with Gasteiger partial charge in [-0.3, -0.25) is 0 Å². The Kier molecular flexibility index (Phi) is 9.44. The van der Waals surface area contributed by atoms with Gasteiger partial charge in [-0.1, -0.05) is 230 Å². The van der Waals surface area contributed by atoms with Crippen LogP contribution < -0.4 is 4.90 Å². The van der Waals surface area contributed by atoms with E-state index in [9.17, 15) is 0 Å². The molecule has 0 unspecified atom stereocenters. The van der Waals surface area contributed by atoms with Gasteiger partial charge in [0.2, 0.25) is 0 Å². The Morgan fingerprint density at radius 3 is 1.33 bits per heavy atom. The van der Waals surface area contributed by atoms with E-state index in [0.717, 1.165) is 24.2 Å². The first-order valence-corrected chi connectivity index (χ1v) is 26.4. The van der Waals surface area contributed by atoms with E-state index >= 15 is 0 Å². The molecule has 0 aromatic heterocycles. The highest BCUT2D eigenvalue weighted by atomic mass is 15.1. The minimum absolute atomic E-state index is 0.0356. The minimum Gasteiger partial charge on any atom is -0.310 e. The molecule has 0 saturated heterocycles. The number of benzene rings is 10. The zero-order valence-corrected chi connectivity index (χ0v) is 42.7. The first-order valence-electron chi connectivity index (χ1n) is 26.4. The molecule has 10 aromatic carbocycles. The lowest BCUT2D eigenvalue weighted by Gasteiger charge is -2.43. The van der Waals surface area contributed by atoms with E-state index in [4.69, 9.17) is 0 Å². The van der Waals surface area contributed by atoms with Gasteiger partial charge >= 0.3 is 0 Å². The van der Waals surface area contributed by atoms with E-state index < -0.39 is 5.41 Å². The van der Waals surface area contributed by atoms with Crippen molar-refractivity contribution in [3.63, 3.8) is 0 Å². The van der Waals surface area contributed by atoms with E-state index in [1.807, 2.05) is 0 Å². The molecule has 0 fully saturated rings. The molecule has 0 N–H and O–H groups in total. The average Bonchev–Trinajstić information content (AvgIpc) is 4.00. The van der Waals surface area contributed by atoms with E-state index in [1.165, 1.54) is 117 Å². The second kappa shape index (κ2) is 15.7. The first kappa shape index (κ1) is 43.8. The van der Waals surface area contributed by atoms with Crippen molar-refractivity contribution in [3.8, 4) is 66.8 Å². The lowest BCUT2D eigenvalue weighted by molar-refractivity contribution is 0.333. The van der Waals surface area contributed by atoms with Crippen LogP contribution in [0.5, 0.6) is 0 Å². The number of hydrogen-bond acceptors (Lipinski definition) is 1. The van der Waals surface area contributed by atoms with Crippen molar-refractivity contribution < 1.29 is 0 Å². The van der Waals surface area contributed by atoms with E-state index in [2.05, 4.69) is 271 Å². The third-order valence-electron chi connectivity index (χ3n) is 17.8. The molecule has 14 rings (SSSR count). The van der Waals surface area contributed by atoms with Crippen molar-refractivity contribution in [2.75, 3.05) is 4.90 Å². The largest absolute Gasteiger partial charge is 0.310 e. The zero-order valence-electron chi connectivity index (χ0n) is 42.7. The Balaban J connectivity index is 1.06. The molecule has 1 heteroatoms. The summed E-state index contributed by atoms with van der Waals surface area (Å²) in [5, 5.41) is 0. The first-order chi connectivity index (χ1) is 35.4. The van der Waals surface area contributed by atoms with Gasteiger partial charge in [-0.2, -0.15) is 0 Å². The van der Waals surface area contributed by atoms with Crippen molar-refractivity contribution in [2.45, 2.75) is 76.0 Å². The topological polar surface area (TPSA) is 3.24 Å². The van der Waals surface area contributed by atoms with E-state index in [-0.39, 0.29) is 16.2 Å². The van der Waals surface area contributed by atoms with Crippen LogP contribution in [0.2, 0.25) is 0 Å². The normalized spacial score (nSPS) is 16.1. The van der Waals surface area contributed by atoms with Crippen molar-refractivity contribution in [3.05, 3.63) is 269 Å². The third kappa shape index (κ3) is 6.28. The molecular weight excluding hydrogens is 879 g/mol. The maximum absolute atomic E-state index is 2.63. The van der Waals surface area contributed by atoms with Crippen LogP contribution in [-0.2, 0) is 21.7 Å². The molecule has 0 saturated carbocycles. The fourth-order valence-electron chi connectivity index (χ4n) is 14.0. The predicted molar refractivity (Wildman–Crippen MR) is 307 cm³/mol. The van der Waals surface area contributed by atoms with Crippen molar-refractivity contribution in [1.29, 1.82) is 0 Å². The number of anilines is 3. The number of rotatable bonds is 6. The van der Waals surface area contributed by atoms with Gasteiger partial charge in [0.1, 0.15) is 0 Å². The van der Waals surface area contributed by atoms with Crippen molar-refractivity contribution >= 4 is 17.1 Å². The lowest BCUT2D eigenvalue weighted by atomic mass is 9.61. The molecule has 73 heavy (non-hydrogen) atoms. The summed E-state index contributed by atoms with van der Waals surface area (Å²) in [4.78, 5) is 2.61. The monoisotopic (exact) mass is 937 g/mol. The lowest BCUT2D eigenvalue weighted by Crippen LogP contribution is -2.34. The molecular formula is C72H59N. The highest BCUT2D eigenvalue weighted by molar-refractivity contribution is 6.01. The summed E-state index contributed by atoms with van der Waals surface area (Å²) in [7, 11) is 0. The fourth-order valence-corrected chi connectivity index (χ4v) is 14.0. The summed E-state index contributed by atoms with van der Waals surface area (Å²) in [6.07, 6.45) is 2.28. The molecule has 4 aliphatic rings. The van der Waals surface area contributed by atoms with Crippen LogP contribution in [0.4, 0.5) is 17.1 Å². The average molecular weight is 938 g/mol. The van der Waals surface area contributed by atoms with Gasteiger partial charge in [0.15, 0.2) is 0 Å². The molecule has 4 aliphatic carbocycles. The smallest absolute Gasteiger partial charge is 0.0726 e. The summed E-state index contributed by atoms with van der Waals surface area (Å²) in [5.74, 6) is 0. The Morgan fingerprint density at radius 1 is 0.288 bits per heavy atom. The third-order valence-corrected chi connectivity index (χ3v) is 17.8. The second-order valence-electron chi connectivity index (χ2n) is 23.0. The number of nitrogens with zero attached hydrogens (tertiary/aromatic N) is 1. The predicted octanol–water partition coefficient (Wildman–Crippen LogP) is 19.2. The summed E-state index contributed by atoms with van der Waals surface area (Å²) < 4.78 is 0. The molecule has 10 aromatic rings. The fraction of sp³-hybridized carbons (Fsp3) is 0.167. The van der Waals surface area contributed by atoms with Crippen LogP contribution >= 0.6 is 0 Å². The highest BCUT2D eigenvalue weighted by Crippen LogP contribution is 2.65. The standard InChI is InChI=1S/C72H59N/c1-69(2)41-42-70(3,4)68-57(25-18-30-64(68)69)59-44-58-55-24-13-17-29-63(55)72(61-27-15-11-22-53(61)54-23-12-16-28-62(54)72)66(58)45-67(59)73(51-39-40-56-52-21-10-14-26-60(52)71(5,6)65(56)43-51)50-37-35-49(36-38-50)48-33-31-47(32-34-48)46-19-8-7-9-20-46/h7-40,43-45H,41-42H2,1-6H3.